The number of benzene rings is 2. The van der Waals surface area contributed by atoms with Crippen molar-refractivity contribution >= 4 is 28.7 Å². The van der Waals surface area contributed by atoms with Gasteiger partial charge in [0, 0.05) is 30.4 Å². The molecule has 0 saturated carbocycles. The molecule has 1 unspecified atom stereocenters. The molecule has 4 rings (SSSR count). The van der Waals surface area contributed by atoms with E-state index in [1.54, 1.807) is 12.1 Å². The molecule has 2 aromatic carbocycles. The number of hydrogen-bond donors (Lipinski definition) is 5. The molecule has 34 heavy (non-hydrogen) atoms. The Labute approximate surface area is 196 Å². The Morgan fingerprint density at radius 1 is 1.03 bits per heavy atom. The van der Waals surface area contributed by atoms with Crippen LogP contribution in [-0.4, -0.2) is 51.6 Å². The highest BCUT2D eigenvalue weighted by Crippen LogP contribution is 2.29. The van der Waals surface area contributed by atoms with Crippen LogP contribution in [0.15, 0.2) is 67.0 Å². The maximum Gasteiger partial charge on any atom is 0.317 e. The maximum atomic E-state index is 12.3. The zero-order valence-corrected chi connectivity index (χ0v) is 18.7. The lowest BCUT2D eigenvalue weighted by Crippen LogP contribution is -2.33. The molecule has 9 heteroatoms. The SMILES string of the molecule is CC(Nc1ncnc2[nH]c(-c3ccc(C(=O)NCCNCC(=O)O)cc3)cc12)c1ccccc1. The first-order valence-electron chi connectivity index (χ1n) is 11.0. The number of aromatic nitrogens is 3. The van der Waals surface area contributed by atoms with Crippen LogP contribution in [0.25, 0.3) is 22.3 Å². The van der Waals surface area contributed by atoms with Crippen LogP contribution in [0.3, 0.4) is 0 Å². The summed E-state index contributed by atoms with van der Waals surface area (Å²) in [5.74, 6) is -0.401. The average molecular weight is 459 g/mol. The van der Waals surface area contributed by atoms with Gasteiger partial charge in [0.1, 0.15) is 17.8 Å². The molecular weight excluding hydrogens is 432 g/mol. The fourth-order valence-corrected chi connectivity index (χ4v) is 3.60. The van der Waals surface area contributed by atoms with Gasteiger partial charge < -0.3 is 26.0 Å². The van der Waals surface area contributed by atoms with E-state index in [1.165, 1.54) is 6.33 Å². The fourth-order valence-electron chi connectivity index (χ4n) is 3.60. The number of carboxylic acids is 1. The predicted octanol–water partition coefficient (Wildman–Crippen LogP) is 3.20. The van der Waals surface area contributed by atoms with Crippen LogP contribution in [0.2, 0.25) is 0 Å². The van der Waals surface area contributed by atoms with Crippen molar-refractivity contribution in [2.75, 3.05) is 25.0 Å². The lowest BCUT2D eigenvalue weighted by atomic mass is 10.1. The monoisotopic (exact) mass is 458 g/mol. The summed E-state index contributed by atoms with van der Waals surface area (Å²) in [6.07, 6.45) is 1.53. The third kappa shape index (κ3) is 5.57. The molecule has 174 valence electrons. The minimum absolute atomic E-state index is 0.0785. The van der Waals surface area contributed by atoms with E-state index in [1.807, 2.05) is 36.4 Å². The number of rotatable bonds is 10. The molecule has 0 aliphatic rings. The molecule has 0 aliphatic carbocycles. The standard InChI is InChI=1S/C25H26N6O3/c1-16(17-5-3-2-4-6-17)30-23-20-13-21(31-24(20)29-15-28-23)18-7-9-19(10-8-18)25(34)27-12-11-26-14-22(32)33/h2-10,13,15-16,26H,11-12,14H2,1H3,(H,27,34)(H,32,33)(H2,28,29,30,31). The number of fused-ring (bicyclic) bond motifs is 1. The van der Waals surface area contributed by atoms with Crippen molar-refractivity contribution in [3.05, 3.63) is 78.1 Å². The minimum atomic E-state index is -0.932. The second-order valence-corrected chi connectivity index (χ2v) is 7.85. The number of H-pyrrole nitrogens is 1. The van der Waals surface area contributed by atoms with Crippen LogP contribution in [0.5, 0.6) is 0 Å². The number of carbonyl (C=O) groups excluding carboxylic acids is 1. The summed E-state index contributed by atoms with van der Waals surface area (Å²) < 4.78 is 0. The second-order valence-electron chi connectivity index (χ2n) is 7.85. The van der Waals surface area contributed by atoms with Gasteiger partial charge in [-0.3, -0.25) is 9.59 Å². The highest BCUT2D eigenvalue weighted by atomic mass is 16.4. The number of nitrogens with one attached hydrogen (secondary N) is 4. The van der Waals surface area contributed by atoms with Crippen LogP contribution in [0, 0.1) is 0 Å². The first-order valence-corrected chi connectivity index (χ1v) is 11.0. The predicted molar refractivity (Wildman–Crippen MR) is 131 cm³/mol. The van der Waals surface area contributed by atoms with Crippen LogP contribution in [-0.2, 0) is 4.79 Å². The normalized spacial score (nSPS) is 11.8. The zero-order valence-electron chi connectivity index (χ0n) is 18.7. The Morgan fingerprint density at radius 2 is 1.79 bits per heavy atom. The minimum Gasteiger partial charge on any atom is -0.480 e. The Morgan fingerprint density at radius 3 is 2.53 bits per heavy atom. The van der Waals surface area contributed by atoms with Gasteiger partial charge in [-0.05, 0) is 36.2 Å². The highest BCUT2D eigenvalue weighted by molar-refractivity contribution is 5.95. The molecule has 0 radical (unpaired) electrons. The molecule has 0 bridgehead atoms. The Hall–Kier alpha value is -4.24. The molecule has 1 amide bonds. The van der Waals surface area contributed by atoms with E-state index in [0.717, 1.165) is 33.7 Å². The van der Waals surface area contributed by atoms with Crippen molar-refractivity contribution in [1.82, 2.24) is 25.6 Å². The molecule has 0 saturated heterocycles. The van der Waals surface area contributed by atoms with E-state index in [-0.39, 0.29) is 18.5 Å². The first kappa shape index (κ1) is 22.9. The third-order valence-electron chi connectivity index (χ3n) is 5.40. The van der Waals surface area contributed by atoms with E-state index in [0.29, 0.717) is 18.7 Å². The Balaban J connectivity index is 1.44. The summed E-state index contributed by atoms with van der Waals surface area (Å²) in [4.78, 5) is 34.9. The number of carboxylic acid groups (broad SMARTS) is 1. The number of nitrogens with zero attached hydrogens (tertiary/aromatic N) is 2. The molecular formula is C25H26N6O3. The van der Waals surface area contributed by atoms with Crippen LogP contribution in [0.4, 0.5) is 5.82 Å². The van der Waals surface area contributed by atoms with Crippen molar-refractivity contribution in [2.45, 2.75) is 13.0 Å². The molecule has 1 atom stereocenters. The van der Waals surface area contributed by atoms with Crippen molar-refractivity contribution in [1.29, 1.82) is 0 Å². The summed E-state index contributed by atoms with van der Waals surface area (Å²) in [6, 6.07) is 19.5. The fraction of sp³-hybridized carbons (Fsp3) is 0.200. The quantitative estimate of drug-likeness (QED) is 0.231. The summed E-state index contributed by atoms with van der Waals surface area (Å²) in [7, 11) is 0. The molecule has 0 aliphatic heterocycles. The van der Waals surface area contributed by atoms with Gasteiger partial charge in [0.05, 0.1) is 11.9 Å². The Bertz CT molecular complexity index is 1270. The van der Waals surface area contributed by atoms with Gasteiger partial charge in [-0.1, -0.05) is 42.5 Å². The lowest BCUT2D eigenvalue weighted by Gasteiger charge is -2.15. The topological polar surface area (TPSA) is 132 Å². The van der Waals surface area contributed by atoms with Gasteiger partial charge in [-0.2, -0.15) is 0 Å². The van der Waals surface area contributed by atoms with Gasteiger partial charge in [0.2, 0.25) is 0 Å². The number of anilines is 1. The van der Waals surface area contributed by atoms with Crippen molar-refractivity contribution in [3.63, 3.8) is 0 Å². The number of aromatic amines is 1. The Kier molecular flexibility index (Phi) is 7.14. The zero-order chi connectivity index (χ0) is 23.9. The molecule has 4 aromatic rings. The van der Waals surface area contributed by atoms with Gasteiger partial charge in [0.15, 0.2) is 0 Å². The summed E-state index contributed by atoms with van der Waals surface area (Å²) in [5.41, 5.74) is 4.20. The molecule has 2 aromatic heterocycles. The van der Waals surface area contributed by atoms with Crippen LogP contribution < -0.4 is 16.0 Å². The van der Waals surface area contributed by atoms with Crippen LogP contribution in [0.1, 0.15) is 28.9 Å². The second kappa shape index (κ2) is 10.6. The number of hydrogen-bond acceptors (Lipinski definition) is 6. The van der Waals surface area contributed by atoms with E-state index < -0.39 is 5.97 Å². The summed E-state index contributed by atoms with van der Waals surface area (Å²) in [5, 5.41) is 18.4. The highest BCUT2D eigenvalue weighted by Gasteiger charge is 2.13. The smallest absolute Gasteiger partial charge is 0.317 e. The number of aliphatic carboxylic acids is 1. The number of carbonyl (C=O) groups is 2. The number of amides is 1. The van der Waals surface area contributed by atoms with E-state index >= 15 is 0 Å². The van der Waals surface area contributed by atoms with Crippen LogP contribution >= 0.6 is 0 Å². The lowest BCUT2D eigenvalue weighted by molar-refractivity contribution is -0.135. The molecule has 2 heterocycles. The first-order chi connectivity index (χ1) is 16.5. The third-order valence-corrected chi connectivity index (χ3v) is 5.40. The van der Waals surface area contributed by atoms with Crippen molar-refractivity contribution < 1.29 is 14.7 Å². The van der Waals surface area contributed by atoms with Gasteiger partial charge in [-0.15, -0.1) is 0 Å². The molecule has 9 nitrogen and oxygen atoms in total. The van der Waals surface area contributed by atoms with E-state index in [4.69, 9.17) is 5.11 Å². The van der Waals surface area contributed by atoms with Gasteiger partial charge >= 0.3 is 5.97 Å². The van der Waals surface area contributed by atoms with E-state index in [9.17, 15) is 9.59 Å². The largest absolute Gasteiger partial charge is 0.480 e. The van der Waals surface area contributed by atoms with E-state index in [2.05, 4.69) is 50.0 Å². The molecule has 0 spiro atoms. The van der Waals surface area contributed by atoms with Gasteiger partial charge in [-0.25, -0.2) is 9.97 Å². The van der Waals surface area contributed by atoms with Gasteiger partial charge in [0.25, 0.3) is 5.91 Å². The van der Waals surface area contributed by atoms with Crippen molar-refractivity contribution in [3.8, 4) is 11.3 Å². The average Bonchev–Trinajstić information content (AvgIpc) is 3.29. The summed E-state index contributed by atoms with van der Waals surface area (Å²) in [6.45, 7) is 2.67. The molecule has 5 N–H and O–H groups in total. The van der Waals surface area contributed by atoms with Crippen molar-refractivity contribution in [2.24, 2.45) is 0 Å². The molecule has 0 fully saturated rings. The maximum absolute atomic E-state index is 12.3. The summed E-state index contributed by atoms with van der Waals surface area (Å²) >= 11 is 0.